The summed E-state index contributed by atoms with van der Waals surface area (Å²) in [5.41, 5.74) is -1.80. The highest BCUT2D eigenvalue weighted by atomic mass is 19.4. The lowest BCUT2D eigenvalue weighted by Gasteiger charge is -2.29. The van der Waals surface area contributed by atoms with Crippen LogP contribution in [0.1, 0.15) is 19.4 Å². The third-order valence-electron chi connectivity index (χ3n) is 2.84. The fourth-order valence-corrected chi connectivity index (χ4v) is 1.40. The van der Waals surface area contributed by atoms with Gasteiger partial charge in [-0.05, 0) is 24.1 Å². The molecule has 0 fully saturated rings. The summed E-state index contributed by atoms with van der Waals surface area (Å²) in [7, 11) is 1.34. The smallest absolute Gasteiger partial charge is 0.406 e. The first-order valence-corrected chi connectivity index (χ1v) is 5.32. The molecule has 0 saturated heterocycles. The Balaban J connectivity index is 3.17. The number of ether oxygens (including phenoxy) is 1. The standard InChI is InChI=1S/C11H13BF4O2/c1-6(2)10(12,17)8-5-7(3-4-9(8)13)18-11(14,15)16/h3-6,17H,12H2,1-2H3. The van der Waals surface area contributed by atoms with E-state index in [9.17, 15) is 22.7 Å². The van der Waals surface area contributed by atoms with Crippen LogP contribution >= 0.6 is 0 Å². The molecule has 2 nitrogen and oxygen atoms in total. The third kappa shape index (κ3) is 3.38. The molecule has 0 aliphatic heterocycles. The number of benzene rings is 1. The molecule has 0 aromatic heterocycles. The van der Waals surface area contributed by atoms with Gasteiger partial charge in [-0.25, -0.2) is 4.39 Å². The highest BCUT2D eigenvalue weighted by Gasteiger charge is 2.34. The van der Waals surface area contributed by atoms with E-state index in [0.717, 1.165) is 18.2 Å². The van der Waals surface area contributed by atoms with Crippen molar-refractivity contribution in [1.29, 1.82) is 0 Å². The summed E-state index contributed by atoms with van der Waals surface area (Å²) in [5.74, 6) is -1.70. The lowest BCUT2D eigenvalue weighted by molar-refractivity contribution is -0.274. The Labute approximate surface area is 103 Å². The van der Waals surface area contributed by atoms with Crippen LogP contribution in [0.25, 0.3) is 0 Å². The molecule has 0 aliphatic rings. The van der Waals surface area contributed by atoms with Gasteiger partial charge in [0.2, 0.25) is 0 Å². The van der Waals surface area contributed by atoms with Crippen LogP contribution in [0.3, 0.4) is 0 Å². The minimum absolute atomic E-state index is 0.223. The van der Waals surface area contributed by atoms with Gasteiger partial charge in [-0.2, -0.15) is 0 Å². The van der Waals surface area contributed by atoms with E-state index in [-0.39, 0.29) is 11.5 Å². The van der Waals surface area contributed by atoms with Gasteiger partial charge >= 0.3 is 6.36 Å². The summed E-state index contributed by atoms with van der Waals surface area (Å²) in [4.78, 5) is 0. The maximum Gasteiger partial charge on any atom is 0.573 e. The predicted octanol–water partition coefficient (Wildman–Crippen LogP) is 2.16. The zero-order chi connectivity index (χ0) is 14.1. The van der Waals surface area contributed by atoms with Gasteiger partial charge in [0, 0.05) is 5.56 Å². The molecule has 7 heteroatoms. The van der Waals surface area contributed by atoms with Crippen LogP contribution in [-0.4, -0.2) is 19.3 Å². The van der Waals surface area contributed by atoms with Crippen molar-refractivity contribution in [2.24, 2.45) is 5.92 Å². The molecule has 0 saturated carbocycles. The summed E-state index contributed by atoms with van der Waals surface area (Å²) in [6, 6.07) is 2.57. The maximum atomic E-state index is 13.6. The molecule has 1 atom stereocenters. The van der Waals surface area contributed by atoms with Crippen LogP contribution in [0.2, 0.25) is 0 Å². The number of rotatable bonds is 3. The van der Waals surface area contributed by atoms with Crippen LogP contribution < -0.4 is 4.74 Å². The molecule has 0 amide bonds. The van der Waals surface area contributed by atoms with E-state index in [1.807, 2.05) is 0 Å². The summed E-state index contributed by atoms with van der Waals surface area (Å²) in [6.45, 7) is 3.27. The molecule has 1 rings (SSSR count). The zero-order valence-electron chi connectivity index (χ0n) is 10.2. The molecule has 100 valence electrons. The Morgan fingerprint density at radius 3 is 2.28 bits per heavy atom. The number of alkyl halides is 3. The number of halogens is 4. The fourth-order valence-electron chi connectivity index (χ4n) is 1.40. The van der Waals surface area contributed by atoms with Crippen molar-refractivity contribution in [2.75, 3.05) is 0 Å². The summed E-state index contributed by atoms with van der Waals surface area (Å²) < 4.78 is 53.4. The van der Waals surface area contributed by atoms with Gasteiger partial charge in [0.05, 0.1) is 5.50 Å². The lowest BCUT2D eigenvalue weighted by atomic mass is 9.68. The second-order valence-electron chi connectivity index (χ2n) is 4.49. The van der Waals surface area contributed by atoms with Gasteiger partial charge in [-0.15, -0.1) is 13.2 Å². The lowest BCUT2D eigenvalue weighted by Crippen LogP contribution is -2.33. The van der Waals surface area contributed by atoms with Crippen LogP contribution in [0.5, 0.6) is 5.75 Å². The topological polar surface area (TPSA) is 29.5 Å². The first kappa shape index (κ1) is 14.8. The molecule has 0 radical (unpaired) electrons. The molecule has 1 aromatic rings. The Morgan fingerprint density at radius 2 is 1.83 bits per heavy atom. The first-order chi connectivity index (χ1) is 8.04. The Hall–Kier alpha value is -1.24. The van der Waals surface area contributed by atoms with Crippen LogP contribution in [0, 0.1) is 11.7 Å². The molecular weight excluding hydrogens is 251 g/mol. The molecule has 1 unspecified atom stereocenters. The third-order valence-corrected chi connectivity index (χ3v) is 2.84. The van der Waals surface area contributed by atoms with Crippen molar-refractivity contribution in [3.8, 4) is 5.75 Å². The van der Waals surface area contributed by atoms with Gasteiger partial charge in [0.1, 0.15) is 19.4 Å². The van der Waals surface area contributed by atoms with E-state index >= 15 is 0 Å². The fraction of sp³-hybridized carbons (Fsp3) is 0.455. The largest absolute Gasteiger partial charge is 0.573 e. The summed E-state index contributed by atoms with van der Waals surface area (Å²) in [6.07, 6.45) is -4.85. The highest BCUT2D eigenvalue weighted by Crippen LogP contribution is 2.32. The molecule has 0 heterocycles. The van der Waals surface area contributed by atoms with Gasteiger partial charge in [0.25, 0.3) is 0 Å². The second kappa shape index (κ2) is 4.80. The van der Waals surface area contributed by atoms with Crippen molar-refractivity contribution in [3.05, 3.63) is 29.6 Å². The number of hydrogen-bond donors (Lipinski definition) is 1. The van der Waals surface area contributed by atoms with Gasteiger partial charge in [-0.3, -0.25) is 0 Å². The Morgan fingerprint density at radius 1 is 1.28 bits per heavy atom. The first-order valence-electron chi connectivity index (χ1n) is 5.32. The average molecular weight is 264 g/mol. The molecule has 0 spiro atoms. The monoisotopic (exact) mass is 264 g/mol. The number of aliphatic hydroxyl groups is 1. The van der Waals surface area contributed by atoms with Crippen molar-refractivity contribution in [3.63, 3.8) is 0 Å². The van der Waals surface area contributed by atoms with Crippen LogP contribution in [0.4, 0.5) is 17.6 Å². The van der Waals surface area contributed by atoms with Crippen molar-refractivity contribution in [1.82, 2.24) is 0 Å². The van der Waals surface area contributed by atoms with Crippen molar-refractivity contribution >= 4 is 7.85 Å². The zero-order valence-corrected chi connectivity index (χ0v) is 10.2. The molecule has 1 aromatic carbocycles. The molecule has 1 N–H and O–H groups in total. The minimum Gasteiger partial charge on any atom is -0.406 e. The molecule has 0 aliphatic carbocycles. The summed E-state index contributed by atoms with van der Waals surface area (Å²) in [5, 5.41) is 10.1. The van der Waals surface area contributed by atoms with Gasteiger partial charge in [-0.1, -0.05) is 13.8 Å². The maximum absolute atomic E-state index is 13.6. The quantitative estimate of drug-likeness (QED) is 0.669. The van der Waals surface area contributed by atoms with E-state index in [1.54, 1.807) is 13.8 Å². The van der Waals surface area contributed by atoms with Crippen LogP contribution in [0.15, 0.2) is 18.2 Å². The van der Waals surface area contributed by atoms with Crippen molar-refractivity contribution in [2.45, 2.75) is 25.7 Å². The average Bonchev–Trinajstić information content (AvgIpc) is 2.18. The molecule has 18 heavy (non-hydrogen) atoms. The SMILES string of the molecule is BC(O)(c1cc(OC(F)(F)F)ccc1F)C(C)C. The normalized spacial score (nSPS) is 15.6. The van der Waals surface area contributed by atoms with Gasteiger partial charge < -0.3 is 9.84 Å². The summed E-state index contributed by atoms with van der Waals surface area (Å²) >= 11 is 0. The molecular formula is C11H13BF4O2. The van der Waals surface area contributed by atoms with Gasteiger partial charge in [0.15, 0.2) is 0 Å². The Kier molecular flexibility index (Phi) is 3.95. The predicted molar refractivity (Wildman–Crippen MR) is 60.4 cm³/mol. The second-order valence-corrected chi connectivity index (χ2v) is 4.49. The Bertz CT molecular complexity index is 430. The highest BCUT2D eigenvalue weighted by molar-refractivity contribution is 6.14. The minimum atomic E-state index is -4.85. The van der Waals surface area contributed by atoms with E-state index in [1.165, 1.54) is 7.85 Å². The van der Waals surface area contributed by atoms with Crippen molar-refractivity contribution < 1.29 is 27.4 Å². The number of hydrogen-bond acceptors (Lipinski definition) is 2. The van der Waals surface area contributed by atoms with E-state index in [0.29, 0.717) is 0 Å². The van der Waals surface area contributed by atoms with E-state index < -0.39 is 23.4 Å². The molecule has 0 bridgehead atoms. The van der Waals surface area contributed by atoms with Crippen LogP contribution in [-0.2, 0) is 5.50 Å². The van der Waals surface area contributed by atoms with E-state index in [2.05, 4.69) is 4.74 Å². The van der Waals surface area contributed by atoms with E-state index in [4.69, 9.17) is 0 Å².